The lowest BCUT2D eigenvalue weighted by atomic mass is 10.1. The Morgan fingerprint density at radius 3 is 2.03 bits per heavy atom. The maximum absolute atomic E-state index is 12.8. The molecule has 4 aromatic rings. The number of carbonyl (C=O) groups is 1. The van der Waals surface area contributed by atoms with Gasteiger partial charge in [0.05, 0.1) is 35.5 Å². The number of fused-ring (bicyclic) bond motifs is 1. The van der Waals surface area contributed by atoms with Gasteiger partial charge in [-0.2, -0.15) is 4.98 Å². The van der Waals surface area contributed by atoms with Crippen LogP contribution in [0.15, 0.2) is 30.3 Å². The van der Waals surface area contributed by atoms with Crippen molar-refractivity contribution in [1.82, 2.24) is 19.6 Å². The Labute approximate surface area is 220 Å². The van der Waals surface area contributed by atoms with Crippen molar-refractivity contribution in [3.8, 4) is 40.1 Å². The highest BCUT2D eigenvalue weighted by Gasteiger charge is 2.18. The van der Waals surface area contributed by atoms with Gasteiger partial charge in [0.2, 0.25) is 11.7 Å². The average Bonchev–Trinajstić information content (AvgIpc) is 3.36. The van der Waals surface area contributed by atoms with Crippen molar-refractivity contribution in [3.05, 3.63) is 47.3 Å². The van der Waals surface area contributed by atoms with Crippen molar-refractivity contribution in [3.63, 3.8) is 0 Å². The molecule has 38 heavy (non-hydrogen) atoms. The predicted molar refractivity (Wildman–Crippen MR) is 142 cm³/mol. The van der Waals surface area contributed by atoms with Crippen molar-refractivity contribution in [1.29, 1.82) is 0 Å². The van der Waals surface area contributed by atoms with Gasteiger partial charge in [-0.3, -0.25) is 4.79 Å². The van der Waals surface area contributed by atoms with Gasteiger partial charge in [-0.05, 0) is 38.0 Å². The molecule has 1 N–H and O–H groups in total. The fourth-order valence-corrected chi connectivity index (χ4v) is 4.24. The van der Waals surface area contributed by atoms with Gasteiger partial charge in [-0.15, -0.1) is 5.10 Å². The molecule has 0 aliphatic carbocycles. The van der Waals surface area contributed by atoms with Crippen molar-refractivity contribution in [2.45, 2.75) is 26.7 Å². The van der Waals surface area contributed by atoms with Gasteiger partial charge in [0.15, 0.2) is 17.3 Å². The Morgan fingerprint density at radius 2 is 1.47 bits per heavy atom. The van der Waals surface area contributed by atoms with Gasteiger partial charge < -0.3 is 29.0 Å². The topological polar surface area (TPSA) is 118 Å². The first kappa shape index (κ1) is 26.5. The third-order valence-electron chi connectivity index (χ3n) is 6.21. The van der Waals surface area contributed by atoms with Crippen molar-refractivity contribution in [2.75, 3.05) is 40.9 Å². The fraction of sp³-hybridized carbons (Fsp3) is 0.333. The normalized spacial score (nSPS) is 10.8. The maximum Gasteiger partial charge on any atom is 0.253 e. The van der Waals surface area contributed by atoms with Crippen LogP contribution in [0.2, 0.25) is 0 Å². The summed E-state index contributed by atoms with van der Waals surface area (Å²) in [5, 5.41) is 7.58. The molecular formula is C27H31N5O6. The standard InChI is InChI=1S/C27H31N5O6/c1-15-21(8-9-24(33)29-18-12-22(36-5)25(38-7)23(13-18)37-6)16(2)32-27(28-15)30-26(31-32)17-10-19(34-3)14-20(11-17)35-4/h10-14H,8-9H2,1-7H3,(H,29,33). The number of carbonyl (C=O) groups excluding carboxylic acids is 1. The summed E-state index contributed by atoms with van der Waals surface area (Å²) in [5.74, 6) is 3.45. The van der Waals surface area contributed by atoms with Gasteiger partial charge in [-0.25, -0.2) is 9.50 Å². The maximum atomic E-state index is 12.8. The molecule has 11 heteroatoms. The summed E-state index contributed by atoms with van der Waals surface area (Å²) >= 11 is 0. The predicted octanol–water partition coefficient (Wildman–Crippen LogP) is 4.02. The van der Waals surface area contributed by atoms with Crippen molar-refractivity contribution < 1.29 is 28.5 Å². The molecule has 0 aliphatic rings. The first-order chi connectivity index (χ1) is 18.3. The summed E-state index contributed by atoms with van der Waals surface area (Å²) in [4.78, 5) is 22.1. The molecule has 11 nitrogen and oxygen atoms in total. The highest BCUT2D eigenvalue weighted by molar-refractivity contribution is 5.91. The molecule has 0 saturated heterocycles. The number of anilines is 1. The SMILES string of the molecule is COc1cc(OC)cc(-c2nc3nc(C)c(CCC(=O)Nc4cc(OC)c(OC)c(OC)c4)c(C)n3n2)c1. The second-order valence-corrected chi connectivity index (χ2v) is 8.47. The number of amides is 1. The van der Waals surface area contributed by atoms with Gasteiger partial charge in [0.25, 0.3) is 5.78 Å². The summed E-state index contributed by atoms with van der Waals surface area (Å²) in [7, 11) is 7.76. The van der Waals surface area contributed by atoms with E-state index in [0.29, 0.717) is 52.5 Å². The highest BCUT2D eigenvalue weighted by Crippen LogP contribution is 2.40. The van der Waals surface area contributed by atoms with E-state index in [2.05, 4.69) is 20.4 Å². The zero-order valence-electron chi connectivity index (χ0n) is 22.5. The second-order valence-electron chi connectivity index (χ2n) is 8.47. The van der Waals surface area contributed by atoms with Crippen LogP contribution in [0, 0.1) is 13.8 Å². The quantitative estimate of drug-likeness (QED) is 0.330. The van der Waals surface area contributed by atoms with Crippen LogP contribution in [0.5, 0.6) is 28.7 Å². The van der Waals surface area contributed by atoms with E-state index in [1.807, 2.05) is 26.0 Å². The molecule has 0 atom stereocenters. The van der Waals surface area contributed by atoms with E-state index in [4.69, 9.17) is 23.7 Å². The molecule has 2 aromatic heterocycles. The van der Waals surface area contributed by atoms with Crippen LogP contribution in [0.25, 0.3) is 17.2 Å². The number of benzene rings is 2. The van der Waals surface area contributed by atoms with Crippen molar-refractivity contribution >= 4 is 17.4 Å². The van der Waals surface area contributed by atoms with E-state index in [9.17, 15) is 4.79 Å². The van der Waals surface area contributed by atoms with E-state index in [1.165, 1.54) is 21.3 Å². The minimum atomic E-state index is -0.166. The average molecular weight is 522 g/mol. The number of aryl methyl sites for hydroxylation is 2. The summed E-state index contributed by atoms with van der Waals surface area (Å²) in [5.41, 5.74) is 3.87. The minimum Gasteiger partial charge on any atom is -0.497 e. The Kier molecular flexibility index (Phi) is 7.85. The summed E-state index contributed by atoms with van der Waals surface area (Å²) in [6, 6.07) is 8.84. The zero-order valence-corrected chi connectivity index (χ0v) is 22.5. The molecule has 2 aromatic carbocycles. The van der Waals surface area contributed by atoms with Crippen LogP contribution in [-0.2, 0) is 11.2 Å². The van der Waals surface area contributed by atoms with Crippen LogP contribution in [-0.4, -0.2) is 61.0 Å². The Bertz CT molecular complexity index is 1440. The lowest BCUT2D eigenvalue weighted by Gasteiger charge is -2.15. The molecule has 0 saturated carbocycles. The van der Waals surface area contributed by atoms with Crippen LogP contribution < -0.4 is 29.0 Å². The van der Waals surface area contributed by atoms with Gasteiger partial charge in [-0.1, -0.05) is 0 Å². The van der Waals surface area contributed by atoms with Crippen LogP contribution in [0.3, 0.4) is 0 Å². The molecule has 2 heterocycles. The Morgan fingerprint density at radius 1 is 0.842 bits per heavy atom. The van der Waals surface area contributed by atoms with Crippen molar-refractivity contribution in [2.24, 2.45) is 0 Å². The summed E-state index contributed by atoms with van der Waals surface area (Å²) in [6.07, 6.45) is 0.708. The van der Waals surface area contributed by atoms with Crippen LogP contribution >= 0.6 is 0 Å². The van der Waals surface area contributed by atoms with E-state index < -0.39 is 0 Å². The number of rotatable bonds is 10. The molecule has 0 radical (unpaired) electrons. The largest absolute Gasteiger partial charge is 0.497 e. The molecule has 4 rings (SSSR count). The number of aromatic nitrogens is 4. The summed E-state index contributed by atoms with van der Waals surface area (Å²) in [6.45, 7) is 3.85. The molecule has 1 amide bonds. The lowest BCUT2D eigenvalue weighted by Crippen LogP contribution is -2.14. The number of nitrogens with one attached hydrogen (secondary N) is 1. The van der Waals surface area contributed by atoms with E-state index in [1.54, 1.807) is 36.9 Å². The zero-order chi connectivity index (χ0) is 27.4. The van der Waals surface area contributed by atoms with Gasteiger partial charge in [0.1, 0.15) is 11.5 Å². The first-order valence-corrected chi connectivity index (χ1v) is 11.9. The number of hydrogen-bond donors (Lipinski definition) is 1. The number of ether oxygens (including phenoxy) is 5. The second kappa shape index (κ2) is 11.2. The lowest BCUT2D eigenvalue weighted by molar-refractivity contribution is -0.116. The van der Waals surface area contributed by atoms with Gasteiger partial charge >= 0.3 is 0 Å². The molecule has 0 bridgehead atoms. The number of nitrogens with zero attached hydrogens (tertiary/aromatic N) is 4. The molecule has 0 fully saturated rings. The smallest absolute Gasteiger partial charge is 0.253 e. The van der Waals surface area contributed by atoms with Crippen LogP contribution in [0.1, 0.15) is 23.4 Å². The Balaban J connectivity index is 1.56. The van der Waals surface area contributed by atoms with E-state index >= 15 is 0 Å². The minimum absolute atomic E-state index is 0.166. The fourth-order valence-electron chi connectivity index (χ4n) is 4.24. The highest BCUT2D eigenvalue weighted by atomic mass is 16.5. The third-order valence-corrected chi connectivity index (χ3v) is 6.21. The monoisotopic (exact) mass is 521 g/mol. The number of hydrogen-bond acceptors (Lipinski definition) is 9. The molecule has 0 aliphatic heterocycles. The van der Waals surface area contributed by atoms with E-state index in [-0.39, 0.29) is 12.3 Å². The third kappa shape index (κ3) is 5.26. The molecule has 200 valence electrons. The number of methoxy groups -OCH3 is 5. The Hall–Kier alpha value is -4.54. The molecule has 0 spiro atoms. The first-order valence-electron chi connectivity index (χ1n) is 11.9. The van der Waals surface area contributed by atoms with Crippen LogP contribution in [0.4, 0.5) is 5.69 Å². The van der Waals surface area contributed by atoms with Gasteiger partial charge in [0, 0.05) is 47.3 Å². The summed E-state index contributed by atoms with van der Waals surface area (Å²) < 4.78 is 28.5. The molecular weight excluding hydrogens is 490 g/mol. The molecule has 0 unspecified atom stereocenters. The van der Waals surface area contributed by atoms with E-state index in [0.717, 1.165) is 22.5 Å².